The third-order valence-corrected chi connectivity index (χ3v) is 5.52. The maximum atomic E-state index is 13.7. The maximum Gasteiger partial charge on any atom is 0.321 e. The fraction of sp³-hybridized carbons (Fsp3) is 0.188. The van der Waals surface area contributed by atoms with Gasteiger partial charge in [-0.05, 0) is 34.5 Å². The molecule has 5 nitrogen and oxygen atoms in total. The van der Waals surface area contributed by atoms with Crippen molar-refractivity contribution in [3.05, 3.63) is 63.6 Å². The Kier molecular flexibility index (Phi) is 6.26. The van der Waals surface area contributed by atoms with E-state index in [-0.39, 0.29) is 11.1 Å². The van der Waals surface area contributed by atoms with E-state index in [0.717, 1.165) is 17.2 Å². The predicted molar refractivity (Wildman–Crippen MR) is 90.2 cm³/mol. The lowest BCUT2D eigenvalue weighted by molar-refractivity contribution is -0.143. The molecule has 0 saturated heterocycles. The first kappa shape index (κ1) is 19.5. The highest BCUT2D eigenvalue weighted by Gasteiger charge is 2.24. The van der Waals surface area contributed by atoms with Crippen LogP contribution in [0.4, 0.5) is 8.78 Å². The van der Waals surface area contributed by atoms with E-state index >= 15 is 0 Å². The Morgan fingerprint density at radius 1 is 1.20 bits per heavy atom. The lowest BCUT2D eigenvalue weighted by atomic mass is 10.2. The smallest absolute Gasteiger partial charge is 0.321 e. The van der Waals surface area contributed by atoms with Gasteiger partial charge in [0.05, 0.1) is 0 Å². The summed E-state index contributed by atoms with van der Waals surface area (Å²) in [5.74, 6) is -3.03. The molecule has 2 aromatic carbocycles. The monoisotopic (exact) mass is 433 g/mol. The molecule has 2 aromatic rings. The van der Waals surface area contributed by atoms with Gasteiger partial charge in [0.2, 0.25) is 10.0 Å². The van der Waals surface area contributed by atoms with Crippen LogP contribution in [-0.2, 0) is 26.2 Å². The molecule has 0 unspecified atom stereocenters. The van der Waals surface area contributed by atoms with Crippen molar-refractivity contribution in [3.8, 4) is 0 Å². The zero-order valence-corrected chi connectivity index (χ0v) is 15.5. The number of sulfonamides is 1. The lowest BCUT2D eigenvalue weighted by Gasteiger charge is -2.10. The van der Waals surface area contributed by atoms with Crippen molar-refractivity contribution in [1.82, 2.24) is 4.72 Å². The molecule has 1 N–H and O–H groups in total. The van der Waals surface area contributed by atoms with Crippen LogP contribution >= 0.6 is 15.9 Å². The summed E-state index contributed by atoms with van der Waals surface area (Å²) in [6.07, 6.45) is 0. The average molecular weight is 434 g/mol. The van der Waals surface area contributed by atoms with Crippen LogP contribution in [0, 0.1) is 18.6 Å². The standard InChI is InChI=1S/C16H14BrF2NO4S/c1-10-2-4-11(5-3-10)9-24-15(21)8-20-25(22,23)16-13(17)6-12(18)7-14(16)19/h2-7,20H,8-9H2,1H3. The number of carbonyl (C=O) groups excluding carboxylic acids is 1. The topological polar surface area (TPSA) is 72.5 Å². The van der Waals surface area contributed by atoms with Crippen molar-refractivity contribution in [2.75, 3.05) is 6.54 Å². The van der Waals surface area contributed by atoms with Gasteiger partial charge in [-0.15, -0.1) is 0 Å². The number of carbonyl (C=O) groups is 1. The fourth-order valence-corrected chi connectivity index (χ4v) is 4.04. The summed E-state index contributed by atoms with van der Waals surface area (Å²) in [4.78, 5) is 10.9. The third kappa shape index (κ3) is 5.32. The molecular formula is C16H14BrF2NO4S. The van der Waals surface area contributed by atoms with E-state index in [1.54, 1.807) is 12.1 Å². The van der Waals surface area contributed by atoms with E-state index in [0.29, 0.717) is 6.07 Å². The largest absolute Gasteiger partial charge is 0.460 e. The molecule has 0 aliphatic carbocycles. The van der Waals surface area contributed by atoms with E-state index in [1.807, 2.05) is 23.8 Å². The number of ether oxygens (including phenoxy) is 1. The summed E-state index contributed by atoms with van der Waals surface area (Å²) in [6.45, 7) is 1.21. The van der Waals surface area contributed by atoms with Crippen molar-refractivity contribution in [2.24, 2.45) is 0 Å². The van der Waals surface area contributed by atoms with Crippen molar-refractivity contribution >= 4 is 31.9 Å². The Labute approximate surface area is 152 Å². The molecule has 0 amide bonds. The summed E-state index contributed by atoms with van der Waals surface area (Å²) < 4.78 is 57.5. The molecule has 2 rings (SSSR count). The number of rotatable bonds is 6. The van der Waals surface area contributed by atoms with Gasteiger partial charge in [-0.3, -0.25) is 4.79 Å². The second-order valence-electron chi connectivity index (χ2n) is 5.17. The first-order chi connectivity index (χ1) is 11.7. The SMILES string of the molecule is Cc1ccc(COC(=O)CNS(=O)(=O)c2c(F)cc(F)cc2Br)cc1. The van der Waals surface area contributed by atoms with Crippen molar-refractivity contribution in [1.29, 1.82) is 0 Å². The highest BCUT2D eigenvalue weighted by molar-refractivity contribution is 9.10. The molecule has 0 bridgehead atoms. The Hall–Kier alpha value is -1.84. The van der Waals surface area contributed by atoms with Crippen LogP contribution in [-0.4, -0.2) is 20.9 Å². The number of aryl methyl sites for hydroxylation is 1. The number of halogens is 3. The maximum absolute atomic E-state index is 13.7. The highest BCUT2D eigenvalue weighted by atomic mass is 79.9. The van der Waals surface area contributed by atoms with E-state index in [4.69, 9.17) is 4.74 Å². The zero-order chi connectivity index (χ0) is 18.6. The van der Waals surface area contributed by atoms with Gasteiger partial charge in [-0.2, -0.15) is 4.72 Å². The van der Waals surface area contributed by atoms with Gasteiger partial charge in [-0.1, -0.05) is 29.8 Å². The van der Waals surface area contributed by atoms with Gasteiger partial charge in [0, 0.05) is 10.5 Å². The molecule has 0 fully saturated rings. The van der Waals surface area contributed by atoms with E-state index < -0.39 is 39.1 Å². The van der Waals surface area contributed by atoms with Gasteiger partial charge >= 0.3 is 5.97 Å². The Morgan fingerprint density at radius 3 is 2.44 bits per heavy atom. The average Bonchev–Trinajstić information content (AvgIpc) is 2.51. The lowest BCUT2D eigenvalue weighted by Crippen LogP contribution is -2.31. The van der Waals surface area contributed by atoms with Crippen LogP contribution in [0.2, 0.25) is 0 Å². The molecule has 0 spiro atoms. The molecule has 0 heterocycles. The molecular weight excluding hydrogens is 420 g/mol. The minimum atomic E-state index is -4.36. The number of nitrogens with one attached hydrogen (secondary N) is 1. The molecule has 25 heavy (non-hydrogen) atoms. The first-order valence-electron chi connectivity index (χ1n) is 7.04. The van der Waals surface area contributed by atoms with Crippen molar-refractivity contribution in [3.63, 3.8) is 0 Å². The van der Waals surface area contributed by atoms with Crippen LogP contribution in [0.15, 0.2) is 45.8 Å². The van der Waals surface area contributed by atoms with Gasteiger partial charge in [0.15, 0.2) is 0 Å². The summed E-state index contributed by atoms with van der Waals surface area (Å²) in [7, 11) is -4.36. The van der Waals surface area contributed by atoms with Crippen molar-refractivity contribution in [2.45, 2.75) is 18.4 Å². The highest BCUT2D eigenvalue weighted by Crippen LogP contribution is 2.25. The molecule has 0 saturated carbocycles. The number of hydrogen-bond donors (Lipinski definition) is 1. The van der Waals surface area contributed by atoms with Gasteiger partial charge < -0.3 is 4.74 Å². The summed E-state index contributed by atoms with van der Waals surface area (Å²) in [5.41, 5.74) is 1.80. The van der Waals surface area contributed by atoms with Crippen molar-refractivity contribution < 1.29 is 26.7 Å². The van der Waals surface area contributed by atoms with E-state index in [2.05, 4.69) is 15.9 Å². The van der Waals surface area contributed by atoms with Gasteiger partial charge in [0.25, 0.3) is 0 Å². The minimum Gasteiger partial charge on any atom is -0.460 e. The summed E-state index contributed by atoms with van der Waals surface area (Å²) in [5, 5.41) is 0. The summed E-state index contributed by atoms with van der Waals surface area (Å²) in [6, 6.07) is 8.50. The molecule has 9 heteroatoms. The van der Waals surface area contributed by atoms with Crippen LogP contribution in [0.5, 0.6) is 0 Å². The quantitative estimate of drug-likeness (QED) is 0.710. The second-order valence-corrected chi connectivity index (χ2v) is 7.73. The molecule has 0 aromatic heterocycles. The third-order valence-electron chi connectivity index (χ3n) is 3.16. The van der Waals surface area contributed by atoms with Crippen LogP contribution < -0.4 is 4.72 Å². The molecule has 0 aliphatic rings. The normalized spacial score (nSPS) is 11.4. The Morgan fingerprint density at radius 2 is 1.84 bits per heavy atom. The van der Waals surface area contributed by atoms with Gasteiger partial charge in [-0.25, -0.2) is 17.2 Å². The Bertz CT molecular complexity index is 863. The van der Waals surface area contributed by atoms with Crippen LogP contribution in [0.1, 0.15) is 11.1 Å². The minimum absolute atomic E-state index is 0.0184. The summed E-state index contributed by atoms with van der Waals surface area (Å²) >= 11 is 2.79. The van der Waals surface area contributed by atoms with E-state index in [1.165, 1.54) is 0 Å². The number of benzene rings is 2. The second kappa shape index (κ2) is 8.03. The van der Waals surface area contributed by atoms with Gasteiger partial charge in [0.1, 0.15) is 29.7 Å². The molecule has 134 valence electrons. The molecule has 0 radical (unpaired) electrons. The molecule has 0 aliphatic heterocycles. The number of hydrogen-bond acceptors (Lipinski definition) is 4. The Balaban J connectivity index is 1.97. The van der Waals surface area contributed by atoms with Crippen LogP contribution in [0.25, 0.3) is 0 Å². The number of esters is 1. The molecule has 0 atom stereocenters. The van der Waals surface area contributed by atoms with E-state index in [9.17, 15) is 22.0 Å². The fourth-order valence-electron chi connectivity index (χ4n) is 1.91. The van der Waals surface area contributed by atoms with Crippen LogP contribution in [0.3, 0.4) is 0 Å². The predicted octanol–water partition coefficient (Wildman–Crippen LogP) is 3.06. The first-order valence-corrected chi connectivity index (χ1v) is 9.32. The zero-order valence-electron chi connectivity index (χ0n) is 13.1.